The highest BCUT2D eigenvalue weighted by molar-refractivity contribution is 5.73. The van der Waals surface area contributed by atoms with Crippen molar-refractivity contribution < 1.29 is 18.7 Å². The minimum atomic E-state index is -0.383. The number of carbonyl (C=O) groups excluding carboxylic acids is 1. The van der Waals surface area contributed by atoms with Crippen LogP contribution in [0.3, 0.4) is 0 Å². The SMILES string of the molecule is CCCOc1ccc(F)cc1CC(=O)OC(C)C. The molecule has 0 fully saturated rings. The van der Waals surface area contributed by atoms with Gasteiger partial charge in [0, 0.05) is 5.56 Å². The second kappa shape index (κ2) is 6.99. The topological polar surface area (TPSA) is 35.5 Å². The van der Waals surface area contributed by atoms with E-state index in [0.717, 1.165) is 6.42 Å². The highest BCUT2D eigenvalue weighted by atomic mass is 19.1. The van der Waals surface area contributed by atoms with Gasteiger partial charge in [0.05, 0.1) is 19.1 Å². The van der Waals surface area contributed by atoms with Crippen molar-refractivity contribution in [3.8, 4) is 5.75 Å². The lowest BCUT2D eigenvalue weighted by Gasteiger charge is -2.12. The van der Waals surface area contributed by atoms with Gasteiger partial charge in [0.1, 0.15) is 11.6 Å². The van der Waals surface area contributed by atoms with Crippen LogP contribution in [0.4, 0.5) is 4.39 Å². The van der Waals surface area contributed by atoms with Crippen molar-refractivity contribution >= 4 is 5.97 Å². The van der Waals surface area contributed by atoms with Crippen molar-refractivity contribution in [1.29, 1.82) is 0 Å². The fourth-order valence-corrected chi connectivity index (χ4v) is 1.50. The van der Waals surface area contributed by atoms with Gasteiger partial charge in [0.2, 0.25) is 0 Å². The maximum Gasteiger partial charge on any atom is 0.310 e. The first-order valence-electron chi connectivity index (χ1n) is 6.13. The molecular formula is C14H19FO3. The van der Waals surface area contributed by atoms with Gasteiger partial charge in [-0.05, 0) is 38.5 Å². The number of ether oxygens (including phenoxy) is 2. The second-order valence-electron chi connectivity index (χ2n) is 4.32. The van der Waals surface area contributed by atoms with Crippen LogP contribution in [0.15, 0.2) is 18.2 Å². The Morgan fingerprint density at radius 1 is 1.39 bits per heavy atom. The molecule has 0 radical (unpaired) electrons. The van der Waals surface area contributed by atoms with Crippen molar-refractivity contribution in [2.75, 3.05) is 6.61 Å². The Morgan fingerprint density at radius 3 is 2.72 bits per heavy atom. The van der Waals surface area contributed by atoms with E-state index in [0.29, 0.717) is 17.9 Å². The van der Waals surface area contributed by atoms with E-state index in [1.165, 1.54) is 12.1 Å². The minimum Gasteiger partial charge on any atom is -0.493 e. The van der Waals surface area contributed by atoms with Gasteiger partial charge >= 0.3 is 5.97 Å². The van der Waals surface area contributed by atoms with Crippen molar-refractivity contribution in [3.05, 3.63) is 29.6 Å². The van der Waals surface area contributed by atoms with Gasteiger partial charge in [-0.15, -0.1) is 0 Å². The number of rotatable bonds is 6. The zero-order chi connectivity index (χ0) is 13.5. The predicted octanol–water partition coefficient (Wildman–Crippen LogP) is 3.11. The molecule has 3 nitrogen and oxygen atoms in total. The van der Waals surface area contributed by atoms with Crippen molar-refractivity contribution in [1.82, 2.24) is 0 Å². The third-order valence-electron chi connectivity index (χ3n) is 2.19. The molecule has 0 aliphatic rings. The smallest absolute Gasteiger partial charge is 0.310 e. The van der Waals surface area contributed by atoms with E-state index < -0.39 is 0 Å². The molecule has 1 aromatic carbocycles. The highest BCUT2D eigenvalue weighted by Crippen LogP contribution is 2.21. The molecule has 1 aromatic rings. The summed E-state index contributed by atoms with van der Waals surface area (Å²) in [5.74, 6) is -0.220. The van der Waals surface area contributed by atoms with Crippen LogP contribution in [0.5, 0.6) is 5.75 Å². The average molecular weight is 254 g/mol. The van der Waals surface area contributed by atoms with Crippen LogP contribution in [0.1, 0.15) is 32.8 Å². The molecular weight excluding hydrogens is 235 g/mol. The quantitative estimate of drug-likeness (QED) is 0.732. The average Bonchev–Trinajstić information content (AvgIpc) is 2.26. The Kier molecular flexibility index (Phi) is 5.62. The van der Waals surface area contributed by atoms with E-state index in [4.69, 9.17) is 9.47 Å². The Balaban J connectivity index is 2.78. The fraction of sp³-hybridized carbons (Fsp3) is 0.500. The molecule has 0 spiro atoms. The number of carbonyl (C=O) groups is 1. The summed E-state index contributed by atoms with van der Waals surface area (Å²) in [7, 11) is 0. The van der Waals surface area contributed by atoms with Crippen LogP contribution < -0.4 is 4.74 Å². The Labute approximate surface area is 107 Å². The molecule has 100 valence electrons. The summed E-state index contributed by atoms with van der Waals surface area (Å²) in [6.45, 7) is 6.07. The van der Waals surface area contributed by atoms with E-state index in [9.17, 15) is 9.18 Å². The molecule has 0 unspecified atom stereocenters. The summed E-state index contributed by atoms with van der Waals surface area (Å²) in [5, 5.41) is 0. The third kappa shape index (κ3) is 4.73. The number of hydrogen-bond donors (Lipinski definition) is 0. The first kappa shape index (κ1) is 14.5. The lowest BCUT2D eigenvalue weighted by Crippen LogP contribution is -2.14. The summed E-state index contributed by atoms with van der Waals surface area (Å²) < 4.78 is 23.7. The molecule has 0 aliphatic carbocycles. The third-order valence-corrected chi connectivity index (χ3v) is 2.19. The molecule has 0 N–H and O–H groups in total. The lowest BCUT2D eigenvalue weighted by molar-refractivity contribution is -0.146. The number of benzene rings is 1. The predicted molar refractivity (Wildman–Crippen MR) is 67.1 cm³/mol. The molecule has 0 aliphatic heterocycles. The van der Waals surface area contributed by atoms with Gasteiger partial charge in [-0.25, -0.2) is 4.39 Å². The van der Waals surface area contributed by atoms with Crippen molar-refractivity contribution in [2.24, 2.45) is 0 Å². The van der Waals surface area contributed by atoms with E-state index in [-0.39, 0.29) is 24.3 Å². The summed E-state index contributed by atoms with van der Waals surface area (Å²) in [6, 6.07) is 4.18. The van der Waals surface area contributed by atoms with Gasteiger partial charge in [0.15, 0.2) is 0 Å². The molecule has 0 saturated carbocycles. The van der Waals surface area contributed by atoms with Crippen LogP contribution in [0.2, 0.25) is 0 Å². The molecule has 0 saturated heterocycles. The Bertz CT molecular complexity index is 402. The molecule has 1 rings (SSSR count). The van der Waals surface area contributed by atoms with Crippen LogP contribution in [0.25, 0.3) is 0 Å². The van der Waals surface area contributed by atoms with Gasteiger partial charge in [-0.3, -0.25) is 4.79 Å². The fourth-order valence-electron chi connectivity index (χ4n) is 1.50. The lowest BCUT2D eigenvalue weighted by atomic mass is 10.1. The van der Waals surface area contributed by atoms with Gasteiger partial charge in [-0.1, -0.05) is 6.92 Å². The molecule has 18 heavy (non-hydrogen) atoms. The second-order valence-corrected chi connectivity index (χ2v) is 4.32. The van der Waals surface area contributed by atoms with E-state index in [1.54, 1.807) is 19.9 Å². The largest absolute Gasteiger partial charge is 0.493 e. The number of halogens is 1. The molecule has 0 bridgehead atoms. The highest BCUT2D eigenvalue weighted by Gasteiger charge is 2.12. The Morgan fingerprint density at radius 2 is 2.11 bits per heavy atom. The summed E-state index contributed by atoms with van der Waals surface area (Å²) >= 11 is 0. The molecule has 0 amide bonds. The molecule has 0 aromatic heterocycles. The number of hydrogen-bond acceptors (Lipinski definition) is 3. The van der Waals surface area contributed by atoms with E-state index >= 15 is 0 Å². The van der Waals surface area contributed by atoms with Crippen LogP contribution in [0, 0.1) is 5.82 Å². The summed E-state index contributed by atoms with van der Waals surface area (Å²) in [4.78, 5) is 11.6. The molecule has 4 heteroatoms. The number of esters is 1. The molecule has 0 heterocycles. The van der Waals surface area contributed by atoms with Gasteiger partial charge < -0.3 is 9.47 Å². The first-order chi connectivity index (χ1) is 8.52. The Hall–Kier alpha value is -1.58. The maximum atomic E-state index is 13.2. The minimum absolute atomic E-state index is 0.0228. The first-order valence-corrected chi connectivity index (χ1v) is 6.13. The van der Waals surface area contributed by atoms with E-state index in [1.807, 2.05) is 6.92 Å². The normalized spacial score (nSPS) is 10.5. The van der Waals surface area contributed by atoms with Gasteiger partial charge in [-0.2, -0.15) is 0 Å². The van der Waals surface area contributed by atoms with Gasteiger partial charge in [0.25, 0.3) is 0 Å². The van der Waals surface area contributed by atoms with Crippen LogP contribution >= 0.6 is 0 Å². The van der Waals surface area contributed by atoms with E-state index in [2.05, 4.69) is 0 Å². The standard InChI is InChI=1S/C14H19FO3/c1-4-7-17-13-6-5-12(15)8-11(13)9-14(16)18-10(2)3/h5-6,8,10H,4,7,9H2,1-3H3. The zero-order valence-electron chi connectivity index (χ0n) is 11.0. The summed E-state index contributed by atoms with van der Waals surface area (Å²) in [6.07, 6.45) is 0.702. The zero-order valence-corrected chi connectivity index (χ0v) is 11.0. The maximum absolute atomic E-state index is 13.2. The summed E-state index contributed by atoms with van der Waals surface area (Å²) in [5.41, 5.74) is 0.522. The van der Waals surface area contributed by atoms with Crippen molar-refractivity contribution in [3.63, 3.8) is 0 Å². The molecule has 0 atom stereocenters. The van der Waals surface area contributed by atoms with Crippen LogP contribution in [-0.2, 0) is 16.0 Å². The van der Waals surface area contributed by atoms with Crippen LogP contribution in [-0.4, -0.2) is 18.7 Å². The monoisotopic (exact) mass is 254 g/mol. The van der Waals surface area contributed by atoms with Crippen molar-refractivity contribution in [2.45, 2.75) is 39.7 Å².